The highest BCUT2D eigenvalue weighted by molar-refractivity contribution is 5.91. The minimum atomic E-state index is -1.16. The van der Waals surface area contributed by atoms with Gasteiger partial charge in [-0.2, -0.15) is 0 Å². The SMILES string of the molecule is O=C1OC(C(O)COc2ccc(-c3ccccc3)cc2)[C@@H](c2ccc(O)cc2)N1c1ccc(F)cc1. The van der Waals surface area contributed by atoms with Gasteiger partial charge in [-0.15, -0.1) is 0 Å². The summed E-state index contributed by atoms with van der Waals surface area (Å²) in [5, 5.41) is 20.7. The first kappa shape index (κ1) is 23.4. The summed E-state index contributed by atoms with van der Waals surface area (Å²) in [4.78, 5) is 14.2. The topological polar surface area (TPSA) is 79.2 Å². The van der Waals surface area contributed by atoms with E-state index in [1.165, 1.54) is 41.3 Å². The molecular formula is C29H24FNO5. The first-order valence-corrected chi connectivity index (χ1v) is 11.5. The smallest absolute Gasteiger partial charge is 0.415 e. The number of anilines is 1. The van der Waals surface area contributed by atoms with Crippen LogP contribution in [-0.4, -0.2) is 35.1 Å². The number of halogens is 1. The monoisotopic (exact) mass is 485 g/mol. The fourth-order valence-electron chi connectivity index (χ4n) is 4.32. The third kappa shape index (κ3) is 4.87. The van der Waals surface area contributed by atoms with Crippen molar-refractivity contribution in [1.29, 1.82) is 0 Å². The van der Waals surface area contributed by atoms with Crippen LogP contribution in [-0.2, 0) is 4.74 Å². The molecule has 2 unspecified atom stereocenters. The Balaban J connectivity index is 1.35. The lowest BCUT2D eigenvalue weighted by Crippen LogP contribution is -2.38. The second-order valence-corrected chi connectivity index (χ2v) is 8.50. The van der Waals surface area contributed by atoms with Crippen LogP contribution in [0.25, 0.3) is 11.1 Å². The minimum Gasteiger partial charge on any atom is -0.508 e. The molecule has 1 saturated heterocycles. The van der Waals surface area contributed by atoms with Crippen molar-refractivity contribution in [2.75, 3.05) is 11.5 Å². The van der Waals surface area contributed by atoms with E-state index >= 15 is 0 Å². The minimum absolute atomic E-state index is 0.0664. The molecule has 0 saturated carbocycles. The van der Waals surface area contributed by atoms with Gasteiger partial charge < -0.3 is 19.7 Å². The number of carbonyl (C=O) groups excluding carboxylic acids is 1. The molecule has 0 bridgehead atoms. The van der Waals surface area contributed by atoms with E-state index in [2.05, 4.69) is 0 Å². The van der Waals surface area contributed by atoms with Crippen molar-refractivity contribution in [1.82, 2.24) is 0 Å². The summed E-state index contributed by atoms with van der Waals surface area (Å²) in [7, 11) is 0. The number of cyclic esters (lactones) is 1. The largest absolute Gasteiger partial charge is 0.508 e. The number of rotatable bonds is 7. The second kappa shape index (κ2) is 10.1. The van der Waals surface area contributed by atoms with Crippen LogP contribution in [0.4, 0.5) is 14.9 Å². The van der Waals surface area contributed by atoms with Crippen molar-refractivity contribution in [2.45, 2.75) is 18.2 Å². The Bertz CT molecular complexity index is 1310. The number of phenolic OH excluding ortho intramolecular Hbond substituents is 1. The molecule has 6 nitrogen and oxygen atoms in total. The van der Waals surface area contributed by atoms with Gasteiger partial charge in [0.05, 0.1) is 0 Å². The van der Waals surface area contributed by atoms with Crippen molar-refractivity contribution >= 4 is 11.8 Å². The van der Waals surface area contributed by atoms with E-state index in [0.717, 1.165) is 11.1 Å². The highest BCUT2D eigenvalue weighted by atomic mass is 19.1. The van der Waals surface area contributed by atoms with Crippen LogP contribution in [0.1, 0.15) is 11.6 Å². The van der Waals surface area contributed by atoms with Gasteiger partial charge in [-0.25, -0.2) is 9.18 Å². The number of aliphatic hydroxyl groups is 1. The number of hydrogen-bond donors (Lipinski definition) is 2. The summed E-state index contributed by atoms with van der Waals surface area (Å²) in [6.07, 6.45) is -2.79. The first-order valence-electron chi connectivity index (χ1n) is 11.5. The van der Waals surface area contributed by atoms with Crippen molar-refractivity contribution in [2.24, 2.45) is 0 Å². The zero-order valence-corrected chi connectivity index (χ0v) is 19.2. The van der Waals surface area contributed by atoms with Gasteiger partial charge in [-0.05, 0) is 65.2 Å². The molecule has 0 spiro atoms. The number of carbonyl (C=O) groups is 1. The van der Waals surface area contributed by atoms with Gasteiger partial charge in [0.1, 0.15) is 36.1 Å². The van der Waals surface area contributed by atoms with E-state index in [9.17, 15) is 19.4 Å². The summed E-state index contributed by atoms with van der Waals surface area (Å²) in [5.41, 5.74) is 3.18. The molecule has 0 radical (unpaired) electrons. The standard InChI is InChI=1S/C29H24FNO5/c30-22-10-12-23(13-11-22)31-27(21-6-14-24(32)15-7-21)28(36-29(31)34)26(33)18-35-25-16-8-20(9-17-25)19-4-2-1-3-5-19/h1-17,26-28,32-33H,18H2/t26?,27-,28?/m1/s1. The number of phenols is 1. The predicted molar refractivity (Wildman–Crippen MR) is 133 cm³/mol. The van der Waals surface area contributed by atoms with Crippen LogP contribution in [0.5, 0.6) is 11.5 Å². The van der Waals surface area contributed by atoms with Crippen LogP contribution in [0.15, 0.2) is 103 Å². The summed E-state index contributed by atoms with van der Waals surface area (Å²) >= 11 is 0. The molecule has 0 aromatic heterocycles. The molecule has 1 aliphatic rings. The number of hydrogen-bond acceptors (Lipinski definition) is 5. The summed E-state index contributed by atoms with van der Waals surface area (Å²) in [6.45, 7) is -0.117. The van der Waals surface area contributed by atoms with Crippen LogP contribution in [0, 0.1) is 5.82 Å². The van der Waals surface area contributed by atoms with Gasteiger partial charge in [0.25, 0.3) is 0 Å². The van der Waals surface area contributed by atoms with Crippen molar-refractivity contribution in [3.05, 3.63) is 115 Å². The van der Waals surface area contributed by atoms with E-state index in [-0.39, 0.29) is 12.4 Å². The maximum absolute atomic E-state index is 13.5. The number of aliphatic hydroxyl groups excluding tert-OH is 1. The molecule has 1 amide bonds. The average molecular weight is 486 g/mol. The highest BCUT2D eigenvalue weighted by Gasteiger charge is 2.47. The van der Waals surface area contributed by atoms with E-state index in [1.54, 1.807) is 12.1 Å². The molecule has 1 fully saturated rings. The fourth-order valence-corrected chi connectivity index (χ4v) is 4.32. The van der Waals surface area contributed by atoms with Crippen LogP contribution in [0.2, 0.25) is 0 Å². The molecule has 36 heavy (non-hydrogen) atoms. The molecule has 5 rings (SSSR count). The van der Waals surface area contributed by atoms with Crippen LogP contribution in [0.3, 0.4) is 0 Å². The molecule has 1 heterocycles. The predicted octanol–water partition coefficient (Wildman–Crippen LogP) is 5.70. The van der Waals surface area contributed by atoms with Gasteiger partial charge >= 0.3 is 6.09 Å². The summed E-state index contributed by atoms with van der Waals surface area (Å²) in [5.74, 6) is 0.196. The Hall–Kier alpha value is -4.36. The zero-order chi connectivity index (χ0) is 25.1. The summed E-state index contributed by atoms with van der Waals surface area (Å²) < 4.78 is 24.9. The Kier molecular flexibility index (Phi) is 6.56. The van der Waals surface area contributed by atoms with E-state index in [0.29, 0.717) is 17.0 Å². The Morgan fingerprint density at radius 2 is 1.50 bits per heavy atom. The number of nitrogens with zero attached hydrogens (tertiary/aromatic N) is 1. The molecule has 4 aromatic carbocycles. The Labute approximate surface area is 207 Å². The van der Waals surface area contributed by atoms with Crippen molar-refractivity contribution < 1.29 is 28.9 Å². The molecule has 4 aromatic rings. The normalized spacial score (nSPS) is 18.1. The number of ether oxygens (including phenoxy) is 2. The maximum Gasteiger partial charge on any atom is 0.415 e. The van der Waals surface area contributed by atoms with Gasteiger partial charge in [-0.1, -0.05) is 54.6 Å². The van der Waals surface area contributed by atoms with Crippen LogP contribution >= 0.6 is 0 Å². The fraction of sp³-hybridized carbons (Fsp3) is 0.138. The lowest BCUT2D eigenvalue weighted by atomic mass is 9.96. The third-order valence-corrected chi connectivity index (χ3v) is 6.12. The van der Waals surface area contributed by atoms with E-state index in [1.807, 2.05) is 54.6 Å². The molecule has 182 valence electrons. The molecule has 3 atom stereocenters. The summed E-state index contributed by atoms with van der Waals surface area (Å²) in [6, 6.07) is 28.5. The van der Waals surface area contributed by atoms with E-state index in [4.69, 9.17) is 9.47 Å². The Morgan fingerprint density at radius 3 is 2.17 bits per heavy atom. The first-order chi connectivity index (χ1) is 17.5. The van der Waals surface area contributed by atoms with Crippen molar-refractivity contribution in [3.63, 3.8) is 0 Å². The number of benzene rings is 4. The lowest BCUT2D eigenvalue weighted by molar-refractivity contribution is -0.00646. The second-order valence-electron chi connectivity index (χ2n) is 8.50. The third-order valence-electron chi connectivity index (χ3n) is 6.12. The quantitative estimate of drug-likeness (QED) is 0.351. The lowest BCUT2D eigenvalue weighted by Gasteiger charge is -2.27. The average Bonchev–Trinajstić information content (AvgIpc) is 3.26. The van der Waals surface area contributed by atoms with Gasteiger partial charge in [0.15, 0.2) is 6.10 Å². The van der Waals surface area contributed by atoms with Gasteiger partial charge in [0, 0.05) is 5.69 Å². The molecule has 1 aliphatic heterocycles. The maximum atomic E-state index is 13.5. The zero-order valence-electron chi connectivity index (χ0n) is 19.2. The number of amides is 1. The van der Waals surface area contributed by atoms with Crippen LogP contribution < -0.4 is 9.64 Å². The van der Waals surface area contributed by atoms with Crippen molar-refractivity contribution in [3.8, 4) is 22.6 Å². The molecule has 7 heteroatoms. The molecular weight excluding hydrogens is 461 g/mol. The van der Waals surface area contributed by atoms with E-state index < -0.39 is 30.2 Å². The van der Waals surface area contributed by atoms with Gasteiger partial charge in [0.2, 0.25) is 0 Å². The number of aromatic hydroxyl groups is 1. The highest BCUT2D eigenvalue weighted by Crippen LogP contribution is 2.39. The molecule has 2 N–H and O–H groups in total. The Morgan fingerprint density at radius 1 is 0.861 bits per heavy atom. The molecule has 0 aliphatic carbocycles. The van der Waals surface area contributed by atoms with Gasteiger partial charge in [-0.3, -0.25) is 4.90 Å².